The molecule has 2 aromatic rings. The Bertz CT molecular complexity index is 805. The highest BCUT2D eigenvalue weighted by Gasteiger charge is 2.30. The maximum Gasteiger partial charge on any atom is 0.416 e. The Kier molecular flexibility index (Phi) is 6.79. The first-order chi connectivity index (χ1) is 12.6. The van der Waals surface area contributed by atoms with Gasteiger partial charge in [-0.25, -0.2) is 0 Å². The highest BCUT2D eigenvalue weighted by Crippen LogP contribution is 2.29. The molecule has 0 fully saturated rings. The van der Waals surface area contributed by atoms with Gasteiger partial charge in [0.2, 0.25) is 5.91 Å². The second-order valence-electron chi connectivity index (χ2n) is 6.23. The molecule has 0 heterocycles. The molecule has 0 aromatic heterocycles. The van der Waals surface area contributed by atoms with Gasteiger partial charge in [-0.05, 0) is 54.2 Å². The Labute approximate surface area is 161 Å². The third-order valence-electron chi connectivity index (χ3n) is 3.64. The van der Waals surface area contributed by atoms with Crippen LogP contribution in [0.1, 0.15) is 25.0 Å². The number of thiocarbonyl (C=S) groups is 1. The van der Waals surface area contributed by atoms with Gasteiger partial charge in [-0.2, -0.15) is 13.2 Å². The van der Waals surface area contributed by atoms with Crippen LogP contribution in [0.15, 0.2) is 48.5 Å². The second kappa shape index (κ2) is 8.85. The Morgan fingerprint density at radius 1 is 1.04 bits per heavy atom. The number of rotatable bonds is 5. The summed E-state index contributed by atoms with van der Waals surface area (Å²) in [5.41, 5.74) is 1.14. The summed E-state index contributed by atoms with van der Waals surface area (Å²) in [6.45, 7) is 3.78. The van der Waals surface area contributed by atoms with Crippen LogP contribution in [0.5, 0.6) is 0 Å². The Morgan fingerprint density at radius 3 is 2.19 bits per heavy atom. The summed E-state index contributed by atoms with van der Waals surface area (Å²) < 4.78 is 38.2. The van der Waals surface area contributed by atoms with Gasteiger partial charge < -0.3 is 16.0 Å². The zero-order chi connectivity index (χ0) is 20.0. The summed E-state index contributed by atoms with van der Waals surface area (Å²) in [6.07, 6.45) is -4.37. The molecule has 0 aliphatic heterocycles. The van der Waals surface area contributed by atoms with Crippen molar-refractivity contribution in [3.63, 3.8) is 0 Å². The molecule has 27 heavy (non-hydrogen) atoms. The summed E-state index contributed by atoms with van der Waals surface area (Å²) in [5.74, 6) is -0.190. The molecule has 0 unspecified atom stereocenters. The molecular formula is C19H20F3N3OS. The van der Waals surface area contributed by atoms with Crippen LogP contribution in [0.2, 0.25) is 0 Å². The lowest BCUT2D eigenvalue weighted by Crippen LogP contribution is -2.28. The summed E-state index contributed by atoms with van der Waals surface area (Å²) in [5, 5.41) is 8.88. The van der Waals surface area contributed by atoms with E-state index in [1.54, 1.807) is 44.2 Å². The molecule has 8 heteroatoms. The summed E-state index contributed by atoms with van der Waals surface area (Å²) in [7, 11) is 0. The van der Waals surface area contributed by atoms with Gasteiger partial charge in [-0.15, -0.1) is 0 Å². The number of halogens is 3. The number of nitrogens with one attached hydrogen (secondary N) is 3. The van der Waals surface area contributed by atoms with Gasteiger partial charge in [0.1, 0.15) is 0 Å². The van der Waals surface area contributed by atoms with Crippen LogP contribution < -0.4 is 16.0 Å². The molecule has 1 amide bonds. The van der Waals surface area contributed by atoms with Crippen LogP contribution in [-0.4, -0.2) is 11.0 Å². The second-order valence-corrected chi connectivity index (χ2v) is 6.64. The quantitative estimate of drug-likeness (QED) is 0.638. The molecular weight excluding hydrogens is 375 g/mol. The van der Waals surface area contributed by atoms with E-state index in [-0.39, 0.29) is 23.5 Å². The zero-order valence-corrected chi connectivity index (χ0v) is 15.7. The number of amides is 1. The van der Waals surface area contributed by atoms with Gasteiger partial charge in [0, 0.05) is 23.8 Å². The highest BCUT2D eigenvalue weighted by molar-refractivity contribution is 7.80. The van der Waals surface area contributed by atoms with Crippen LogP contribution in [0.25, 0.3) is 0 Å². The number of anilines is 2. The van der Waals surface area contributed by atoms with Gasteiger partial charge in [0.05, 0.1) is 5.56 Å². The predicted octanol–water partition coefficient (Wildman–Crippen LogP) is 4.79. The molecule has 3 N–H and O–H groups in total. The lowest BCUT2D eigenvalue weighted by atomic mass is 10.1. The van der Waals surface area contributed by atoms with Crippen molar-refractivity contribution in [1.29, 1.82) is 0 Å². The molecule has 144 valence electrons. The van der Waals surface area contributed by atoms with Gasteiger partial charge in [0.25, 0.3) is 0 Å². The minimum atomic E-state index is -4.37. The number of carbonyl (C=O) groups excluding carboxylic acids is 1. The SMILES string of the molecule is CC(C)C(=O)Nc1ccc(NC(=S)NCc2cccc(C(F)(F)F)c2)cc1. The third kappa shape index (κ3) is 6.56. The Morgan fingerprint density at radius 2 is 1.63 bits per heavy atom. The van der Waals surface area contributed by atoms with Crippen molar-refractivity contribution in [3.8, 4) is 0 Å². The summed E-state index contributed by atoms with van der Waals surface area (Å²) in [4.78, 5) is 11.7. The van der Waals surface area contributed by atoms with Crippen LogP contribution in [0, 0.1) is 5.92 Å². The van der Waals surface area contributed by atoms with Gasteiger partial charge in [-0.3, -0.25) is 4.79 Å². The number of carbonyl (C=O) groups is 1. The van der Waals surface area contributed by atoms with Crippen molar-refractivity contribution in [3.05, 3.63) is 59.7 Å². The van der Waals surface area contributed by atoms with Gasteiger partial charge >= 0.3 is 6.18 Å². The van der Waals surface area contributed by atoms with Crippen molar-refractivity contribution in [2.75, 3.05) is 10.6 Å². The lowest BCUT2D eigenvalue weighted by Gasteiger charge is -2.13. The lowest BCUT2D eigenvalue weighted by molar-refractivity contribution is -0.137. The zero-order valence-electron chi connectivity index (χ0n) is 14.9. The first-order valence-electron chi connectivity index (χ1n) is 8.27. The van der Waals surface area contributed by atoms with E-state index in [1.807, 2.05) is 0 Å². The number of benzene rings is 2. The van der Waals surface area contributed by atoms with Gasteiger partial charge in [0.15, 0.2) is 5.11 Å². The van der Waals surface area contributed by atoms with Crippen molar-refractivity contribution >= 4 is 34.6 Å². The fourth-order valence-corrected chi connectivity index (χ4v) is 2.33. The first kappa shape index (κ1) is 20.7. The first-order valence-corrected chi connectivity index (χ1v) is 8.68. The molecule has 2 rings (SSSR count). The van der Waals surface area contributed by atoms with E-state index in [1.165, 1.54) is 6.07 Å². The van der Waals surface area contributed by atoms with Gasteiger partial charge in [-0.1, -0.05) is 26.0 Å². The fraction of sp³-hybridized carbons (Fsp3) is 0.263. The van der Waals surface area contributed by atoms with E-state index >= 15 is 0 Å². The van der Waals surface area contributed by atoms with E-state index in [4.69, 9.17) is 12.2 Å². The molecule has 4 nitrogen and oxygen atoms in total. The van der Waals surface area contributed by atoms with E-state index < -0.39 is 11.7 Å². The molecule has 0 radical (unpaired) electrons. The molecule has 0 saturated heterocycles. The maximum atomic E-state index is 12.7. The normalized spacial score (nSPS) is 11.2. The molecule has 0 bridgehead atoms. The molecule has 0 aliphatic carbocycles. The maximum absolute atomic E-state index is 12.7. The largest absolute Gasteiger partial charge is 0.416 e. The van der Waals surface area contributed by atoms with E-state index in [0.29, 0.717) is 16.9 Å². The van der Waals surface area contributed by atoms with E-state index in [0.717, 1.165) is 12.1 Å². The Balaban J connectivity index is 1.88. The van der Waals surface area contributed by atoms with Crippen LogP contribution in [-0.2, 0) is 17.5 Å². The smallest absolute Gasteiger partial charge is 0.358 e. The minimum Gasteiger partial charge on any atom is -0.358 e. The van der Waals surface area contributed by atoms with Crippen LogP contribution in [0.4, 0.5) is 24.5 Å². The van der Waals surface area contributed by atoms with Crippen molar-refractivity contribution in [2.45, 2.75) is 26.6 Å². The van der Waals surface area contributed by atoms with Crippen LogP contribution >= 0.6 is 12.2 Å². The average molecular weight is 395 g/mol. The average Bonchev–Trinajstić information content (AvgIpc) is 2.61. The minimum absolute atomic E-state index is 0.0750. The molecule has 0 atom stereocenters. The standard InChI is InChI=1S/C19H20F3N3OS/c1-12(2)17(26)24-15-6-8-16(9-7-15)25-18(27)23-11-13-4-3-5-14(10-13)19(20,21)22/h3-10,12H,11H2,1-2H3,(H,24,26)(H2,23,25,27). The monoisotopic (exact) mass is 395 g/mol. The molecule has 0 spiro atoms. The predicted molar refractivity (Wildman–Crippen MR) is 104 cm³/mol. The topological polar surface area (TPSA) is 53.2 Å². The molecule has 0 aliphatic rings. The number of alkyl halides is 3. The van der Waals surface area contributed by atoms with Crippen molar-refractivity contribution in [1.82, 2.24) is 5.32 Å². The molecule has 0 saturated carbocycles. The van der Waals surface area contributed by atoms with Crippen LogP contribution in [0.3, 0.4) is 0 Å². The number of hydrogen-bond donors (Lipinski definition) is 3. The third-order valence-corrected chi connectivity index (χ3v) is 3.89. The van der Waals surface area contributed by atoms with E-state index in [2.05, 4.69) is 16.0 Å². The van der Waals surface area contributed by atoms with E-state index in [9.17, 15) is 18.0 Å². The summed E-state index contributed by atoms with van der Waals surface area (Å²) >= 11 is 5.16. The summed E-state index contributed by atoms with van der Waals surface area (Å²) in [6, 6.07) is 12.0. The Hall–Kier alpha value is -2.61. The highest BCUT2D eigenvalue weighted by atomic mass is 32.1. The van der Waals surface area contributed by atoms with Crippen molar-refractivity contribution in [2.24, 2.45) is 5.92 Å². The molecule has 2 aromatic carbocycles. The van der Waals surface area contributed by atoms with Crippen molar-refractivity contribution < 1.29 is 18.0 Å². The fourth-order valence-electron chi connectivity index (χ4n) is 2.14. The number of hydrogen-bond acceptors (Lipinski definition) is 2.